The standard InChI is InChI=1S/C20H19N5O4/c1-28-18-8-7-15(25(26)27)11-16(18)23-19-12-20(22-13-21-19)24-17(9-10-29-24)14-5-3-2-4-6-14/h2-8,11-13,17H,9-10H2,1H3,(H,21,22,23)/t17-/m1/s1. The number of methoxy groups -OCH3 is 1. The van der Waals surface area contributed by atoms with E-state index in [1.807, 2.05) is 18.2 Å². The third-order valence-electron chi connectivity index (χ3n) is 4.62. The van der Waals surface area contributed by atoms with Crippen LogP contribution in [0.25, 0.3) is 0 Å². The van der Waals surface area contributed by atoms with Crippen LogP contribution in [0.15, 0.2) is 60.9 Å². The molecular weight excluding hydrogens is 374 g/mol. The molecule has 0 spiro atoms. The van der Waals surface area contributed by atoms with Crippen LogP contribution in [-0.2, 0) is 4.84 Å². The summed E-state index contributed by atoms with van der Waals surface area (Å²) in [6.07, 6.45) is 2.26. The molecule has 9 nitrogen and oxygen atoms in total. The average molecular weight is 393 g/mol. The summed E-state index contributed by atoms with van der Waals surface area (Å²) < 4.78 is 5.29. The Morgan fingerprint density at radius 1 is 1.21 bits per heavy atom. The largest absolute Gasteiger partial charge is 0.495 e. The smallest absolute Gasteiger partial charge is 0.271 e. The van der Waals surface area contributed by atoms with Gasteiger partial charge in [-0.15, -0.1) is 0 Å². The van der Waals surface area contributed by atoms with E-state index >= 15 is 0 Å². The Bertz CT molecular complexity index is 1010. The summed E-state index contributed by atoms with van der Waals surface area (Å²) in [6.45, 7) is 0.588. The van der Waals surface area contributed by atoms with Gasteiger partial charge in [0.2, 0.25) is 0 Å². The van der Waals surface area contributed by atoms with E-state index in [9.17, 15) is 10.1 Å². The molecule has 3 aromatic rings. The Balaban J connectivity index is 1.61. The van der Waals surface area contributed by atoms with Crippen molar-refractivity contribution in [1.29, 1.82) is 0 Å². The van der Waals surface area contributed by atoms with Gasteiger partial charge in [-0.2, -0.15) is 0 Å². The lowest BCUT2D eigenvalue weighted by Gasteiger charge is -2.24. The summed E-state index contributed by atoms with van der Waals surface area (Å²) in [5.74, 6) is 1.53. The molecule has 2 aromatic carbocycles. The van der Waals surface area contributed by atoms with Gasteiger partial charge in [0.1, 0.15) is 17.9 Å². The molecule has 1 fully saturated rings. The second-order valence-electron chi connectivity index (χ2n) is 6.40. The van der Waals surface area contributed by atoms with Crippen molar-refractivity contribution in [2.75, 3.05) is 24.1 Å². The van der Waals surface area contributed by atoms with Crippen LogP contribution in [0.5, 0.6) is 5.75 Å². The summed E-state index contributed by atoms with van der Waals surface area (Å²) in [5, 5.41) is 15.9. The Labute approximate surface area is 167 Å². The number of hydrogen-bond donors (Lipinski definition) is 1. The highest BCUT2D eigenvalue weighted by Gasteiger charge is 2.29. The summed E-state index contributed by atoms with van der Waals surface area (Å²) in [4.78, 5) is 25.0. The average Bonchev–Trinajstić information content (AvgIpc) is 3.24. The van der Waals surface area contributed by atoms with Crippen LogP contribution in [-0.4, -0.2) is 28.6 Å². The second-order valence-corrected chi connectivity index (χ2v) is 6.40. The number of anilines is 3. The molecule has 148 valence electrons. The number of ether oxygens (including phenoxy) is 1. The molecule has 1 aliphatic rings. The third-order valence-corrected chi connectivity index (χ3v) is 4.62. The number of hydrogen-bond acceptors (Lipinski definition) is 8. The summed E-state index contributed by atoms with van der Waals surface area (Å²) in [5.41, 5.74) is 1.53. The Morgan fingerprint density at radius 2 is 2.03 bits per heavy atom. The first-order chi connectivity index (χ1) is 14.2. The molecule has 0 saturated carbocycles. The number of aromatic nitrogens is 2. The van der Waals surface area contributed by atoms with E-state index in [1.54, 1.807) is 11.1 Å². The Morgan fingerprint density at radius 3 is 2.79 bits per heavy atom. The molecule has 0 unspecified atom stereocenters. The molecule has 1 aromatic heterocycles. The lowest BCUT2D eigenvalue weighted by molar-refractivity contribution is -0.384. The van der Waals surface area contributed by atoms with E-state index < -0.39 is 4.92 Å². The summed E-state index contributed by atoms with van der Waals surface area (Å²) in [7, 11) is 1.50. The van der Waals surface area contributed by atoms with Gasteiger partial charge in [0.25, 0.3) is 5.69 Å². The highest BCUT2D eigenvalue weighted by molar-refractivity contribution is 5.68. The molecule has 2 heterocycles. The molecule has 1 atom stereocenters. The molecule has 1 aliphatic heterocycles. The molecule has 0 radical (unpaired) electrons. The molecule has 1 saturated heterocycles. The van der Waals surface area contributed by atoms with E-state index in [-0.39, 0.29) is 11.7 Å². The zero-order chi connectivity index (χ0) is 20.2. The molecule has 4 rings (SSSR count). The molecular formula is C20H19N5O4. The second kappa shape index (κ2) is 8.11. The molecule has 29 heavy (non-hydrogen) atoms. The van der Waals surface area contributed by atoms with Gasteiger partial charge in [-0.3, -0.25) is 15.0 Å². The number of nitro groups is 1. The number of nitro benzene ring substituents is 1. The first-order valence-electron chi connectivity index (χ1n) is 9.04. The number of benzene rings is 2. The van der Waals surface area contributed by atoms with Crippen LogP contribution in [0.3, 0.4) is 0 Å². The number of nitrogens with zero attached hydrogens (tertiary/aromatic N) is 4. The Kier molecular flexibility index (Phi) is 5.21. The van der Waals surface area contributed by atoms with Gasteiger partial charge < -0.3 is 10.1 Å². The van der Waals surface area contributed by atoms with Crippen molar-refractivity contribution < 1.29 is 14.5 Å². The van der Waals surface area contributed by atoms with Crippen molar-refractivity contribution >= 4 is 23.0 Å². The normalized spacial score (nSPS) is 15.9. The highest BCUT2D eigenvalue weighted by atomic mass is 16.7. The predicted octanol–water partition coefficient (Wildman–Crippen LogP) is 4.02. The maximum absolute atomic E-state index is 11.1. The summed E-state index contributed by atoms with van der Waals surface area (Å²) in [6, 6.07) is 16.2. The first-order valence-corrected chi connectivity index (χ1v) is 9.04. The van der Waals surface area contributed by atoms with Gasteiger partial charge in [0.15, 0.2) is 5.82 Å². The molecule has 0 amide bonds. The minimum Gasteiger partial charge on any atom is -0.495 e. The number of nitrogens with one attached hydrogen (secondary N) is 1. The maximum atomic E-state index is 11.1. The van der Waals surface area contributed by atoms with Gasteiger partial charge in [-0.1, -0.05) is 30.3 Å². The SMILES string of the molecule is COc1ccc([N+](=O)[O-])cc1Nc1cc(N2OCC[C@@H]2c2ccccc2)ncn1. The van der Waals surface area contributed by atoms with Crippen LogP contribution in [0, 0.1) is 10.1 Å². The lowest BCUT2D eigenvalue weighted by Crippen LogP contribution is -2.22. The fourth-order valence-electron chi connectivity index (χ4n) is 3.25. The van der Waals surface area contributed by atoms with Crippen LogP contribution in [0.4, 0.5) is 23.0 Å². The highest BCUT2D eigenvalue weighted by Crippen LogP contribution is 2.35. The topological polar surface area (TPSA) is 103 Å². The molecule has 9 heteroatoms. The van der Waals surface area contributed by atoms with Gasteiger partial charge in [0, 0.05) is 24.6 Å². The van der Waals surface area contributed by atoms with Crippen molar-refractivity contribution in [2.24, 2.45) is 0 Å². The van der Waals surface area contributed by atoms with Crippen molar-refractivity contribution in [2.45, 2.75) is 12.5 Å². The van der Waals surface area contributed by atoms with Crippen molar-refractivity contribution in [1.82, 2.24) is 9.97 Å². The number of non-ortho nitro benzene ring substituents is 1. The van der Waals surface area contributed by atoms with E-state index in [0.29, 0.717) is 29.7 Å². The summed E-state index contributed by atoms with van der Waals surface area (Å²) >= 11 is 0. The van der Waals surface area contributed by atoms with Crippen molar-refractivity contribution in [3.63, 3.8) is 0 Å². The lowest BCUT2D eigenvalue weighted by atomic mass is 10.0. The third kappa shape index (κ3) is 3.94. The minimum absolute atomic E-state index is 0.0467. The molecule has 0 aliphatic carbocycles. The zero-order valence-electron chi connectivity index (χ0n) is 15.7. The fraction of sp³-hybridized carbons (Fsp3) is 0.200. The van der Waals surface area contributed by atoms with Gasteiger partial charge >= 0.3 is 0 Å². The monoisotopic (exact) mass is 393 g/mol. The van der Waals surface area contributed by atoms with Gasteiger partial charge in [0.05, 0.1) is 30.4 Å². The first kappa shape index (κ1) is 18.6. The van der Waals surface area contributed by atoms with Crippen LogP contribution in [0.1, 0.15) is 18.0 Å². The van der Waals surface area contributed by atoms with E-state index in [0.717, 1.165) is 12.0 Å². The predicted molar refractivity (Wildman–Crippen MR) is 107 cm³/mol. The minimum atomic E-state index is -0.460. The van der Waals surface area contributed by atoms with Crippen molar-refractivity contribution in [3.05, 3.63) is 76.6 Å². The van der Waals surface area contributed by atoms with Gasteiger partial charge in [-0.05, 0) is 11.6 Å². The maximum Gasteiger partial charge on any atom is 0.271 e. The number of rotatable bonds is 6. The molecule has 0 bridgehead atoms. The fourth-order valence-corrected chi connectivity index (χ4v) is 3.25. The van der Waals surface area contributed by atoms with Crippen LogP contribution in [0.2, 0.25) is 0 Å². The van der Waals surface area contributed by atoms with Crippen molar-refractivity contribution in [3.8, 4) is 5.75 Å². The molecule has 1 N–H and O–H groups in total. The van der Waals surface area contributed by atoms with E-state index in [4.69, 9.17) is 9.57 Å². The Hall–Kier alpha value is -3.72. The number of hydroxylamine groups is 1. The van der Waals surface area contributed by atoms with E-state index in [1.165, 1.54) is 31.6 Å². The van der Waals surface area contributed by atoms with E-state index in [2.05, 4.69) is 27.4 Å². The van der Waals surface area contributed by atoms with Crippen LogP contribution >= 0.6 is 0 Å². The van der Waals surface area contributed by atoms with Crippen LogP contribution < -0.4 is 15.1 Å². The zero-order valence-corrected chi connectivity index (χ0v) is 15.7. The quantitative estimate of drug-likeness (QED) is 0.495. The van der Waals surface area contributed by atoms with Gasteiger partial charge in [-0.25, -0.2) is 15.0 Å².